The van der Waals surface area contributed by atoms with Crippen LogP contribution in [0.15, 0.2) is 71.4 Å². The van der Waals surface area contributed by atoms with Gasteiger partial charge in [0.25, 0.3) is 0 Å². The Morgan fingerprint density at radius 2 is 1.81 bits per heavy atom. The van der Waals surface area contributed by atoms with Gasteiger partial charge in [0.05, 0.1) is 12.2 Å². The fourth-order valence-corrected chi connectivity index (χ4v) is 4.18. The lowest BCUT2D eigenvalue weighted by atomic mass is 9.94. The number of halogens is 1. The molecule has 0 aliphatic heterocycles. The second-order valence-electron chi connectivity index (χ2n) is 8.34. The van der Waals surface area contributed by atoms with E-state index in [0.717, 1.165) is 22.2 Å². The van der Waals surface area contributed by atoms with E-state index in [-0.39, 0.29) is 11.9 Å². The van der Waals surface area contributed by atoms with E-state index in [1.54, 1.807) is 6.07 Å². The van der Waals surface area contributed by atoms with Crippen LogP contribution in [-0.4, -0.2) is 19.4 Å². The number of benzene rings is 2. The molecule has 4 rings (SSSR count). The van der Waals surface area contributed by atoms with Crippen molar-refractivity contribution in [2.24, 2.45) is 0 Å². The zero-order valence-corrected chi connectivity index (χ0v) is 18.4. The molecule has 2 aromatic heterocycles. The Morgan fingerprint density at radius 1 is 1.06 bits per heavy atom. The standard InChI is InChI=1S/C24H24FN3O2S/c1-24(2,3)31(29)28-21(14-17-13-12-16(25)15-26-17)18-8-4-5-9-19(18)23-20-10-6-7-11-22(20)30-27-23/h4-13,15,21,28H,14H2,1-3H3/t21?,31-/m0/s1. The van der Waals surface area contributed by atoms with Crippen molar-refractivity contribution in [3.63, 3.8) is 0 Å². The zero-order chi connectivity index (χ0) is 22.0. The molecule has 4 aromatic rings. The van der Waals surface area contributed by atoms with Gasteiger partial charge in [-0.3, -0.25) is 4.98 Å². The van der Waals surface area contributed by atoms with Gasteiger partial charge in [-0.1, -0.05) is 41.6 Å². The maximum atomic E-state index is 13.4. The number of nitrogens with one attached hydrogen (secondary N) is 1. The largest absolute Gasteiger partial charge is 0.598 e. The SMILES string of the molecule is CC(C)(C)[S@+]([O-])NC(Cc1ccc(F)cn1)c1ccccc1-c1noc2ccccc12. The maximum Gasteiger partial charge on any atom is 0.167 e. The number of rotatable bonds is 6. The summed E-state index contributed by atoms with van der Waals surface area (Å²) in [7, 11) is 0. The van der Waals surface area contributed by atoms with Crippen molar-refractivity contribution in [3.8, 4) is 11.3 Å². The van der Waals surface area contributed by atoms with Crippen LogP contribution in [0.25, 0.3) is 22.2 Å². The molecule has 0 aliphatic rings. The normalized spacial score (nSPS) is 14.0. The van der Waals surface area contributed by atoms with Gasteiger partial charge in [-0.15, -0.1) is 4.72 Å². The van der Waals surface area contributed by atoms with Crippen molar-refractivity contribution in [2.75, 3.05) is 0 Å². The minimum Gasteiger partial charge on any atom is -0.598 e. The number of pyridine rings is 1. The van der Waals surface area contributed by atoms with Crippen molar-refractivity contribution < 1.29 is 13.5 Å². The Morgan fingerprint density at radius 3 is 2.55 bits per heavy atom. The number of aromatic nitrogens is 2. The smallest absolute Gasteiger partial charge is 0.167 e. The lowest BCUT2D eigenvalue weighted by Gasteiger charge is -2.29. The number of nitrogens with zero attached hydrogens (tertiary/aromatic N) is 2. The first-order valence-electron chi connectivity index (χ1n) is 10.0. The van der Waals surface area contributed by atoms with Crippen molar-refractivity contribution in [1.82, 2.24) is 14.9 Å². The molecule has 0 radical (unpaired) electrons. The topological polar surface area (TPSA) is 74.0 Å². The third-order valence-corrected chi connectivity index (χ3v) is 6.59. The van der Waals surface area contributed by atoms with E-state index < -0.39 is 16.1 Å². The first-order valence-corrected chi connectivity index (χ1v) is 11.2. The predicted octanol–water partition coefficient (Wildman–Crippen LogP) is 5.36. The second-order valence-corrected chi connectivity index (χ2v) is 10.3. The van der Waals surface area contributed by atoms with E-state index in [9.17, 15) is 8.94 Å². The molecule has 0 saturated heterocycles. The lowest BCUT2D eigenvalue weighted by molar-refractivity contribution is 0.459. The molecule has 2 atom stereocenters. The Balaban J connectivity index is 1.78. The van der Waals surface area contributed by atoms with Gasteiger partial charge in [-0.25, -0.2) is 4.39 Å². The average Bonchev–Trinajstić information content (AvgIpc) is 3.18. The molecular formula is C24H24FN3O2S. The van der Waals surface area contributed by atoms with Gasteiger partial charge < -0.3 is 9.08 Å². The van der Waals surface area contributed by atoms with Gasteiger partial charge in [-0.2, -0.15) is 0 Å². The maximum absolute atomic E-state index is 13.4. The monoisotopic (exact) mass is 437 g/mol. The highest BCUT2D eigenvalue weighted by atomic mass is 32.2. The van der Waals surface area contributed by atoms with Crippen LogP contribution in [0.4, 0.5) is 4.39 Å². The summed E-state index contributed by atoms with van der Waals surface area (Å²) in [6.45, 7) is 5.75. The van der Waals surface area contributed by atoms with Gasteiger partial charge in [0.1, 0.15) is 16.3 Å². The fraction of sp³-hybridized carbons (Fsp3) is 0.250. The molecule has 31 heavy (non-hydrogen) atoms. The number of fused-ring (bicyclic) bond motifs is 1. The summed E-state index contributed by atoms with van der Waals surface area (Å²) in [5, 5.41) is 5.22. The first kappa shape index (κ1) is 21.5. The van der Waals surface area contributed by atoms with Crippen LogP contribution in [-0.2, 0) is 17.8 Å². The number of hydrogen-bond donors (Lipinski definition) is 1. The van der Waals surface area contributed by atoms with E-state index in [1.165, 1.54) is 12.3 Å². The quantitative estimate of drug-likeness (QED) is 0.411. The summed E-state index contributed by atoms with van der Waals surface area (Å²) >= 11 is -1.32. The number of para-hydroxylation sites is 1. The van der Waals surface area contributed by atoms with Crippen molar-refractivity contribution in [2.45, 2.75) is 38.0 Å². The summed E-state index contributed by atoms with van der Waals surface area (Å²) in [6, 6.07) is 18.2. The third-order valence-electron chi connectivity index (χ3n) is 4.98. The van der Waals surface area contributed by atoms with Crippen LogP contribution >= 0.6 is 0 Å². The lowest BCUT2D eigenvalue weighted by Crippen LogP contribution is -2.42. The van der Waals surface area contributed by atoms with Gasteiger partial charge in [0.15, 0.2) is 5.58 Å². The van der Waals surface area contributed by atoms with Crippen LogP contribution < -0.4 is 4.72 Å². The Bertz CT molecular complexity index is 1170. The molecule has 2 aromatic carbocycles. The average molecular weight is 438 g/mol. The predicted molar refractivity (Wildman–Crippen MR) is 121 cm³/mol. The summed E-state index contributed by atoms with van der Waals surface area (Å²) in [6.07, 6.45) is 1.64. The van der Waals surface area contributed by atoms with Crippen LogP contribution in [0.5, 0.6) is 0 Å². The molecular weight excluding hydrogens is 413 g/mol. The van der Waals surface area contributed by atoms with Crippen molar-refractivity contribution >= 4 is 22.3 Å². The van der Waals surface area contributed by atoms with E-state index in [1.807, 2.05) is 69.3 Å². The second kappa shape index (κ2) is 8.78. The molecule has 7 heteroatoms. The molecule has 0 amide bonds. The van der Waals surface area contributed by atoms with Gasteiger partial charge in [0, 0.05) is 34.4 Å². The Hall–Kier alpha value is -2.74. The molecule has 160 valence electrons. The van der Waals surface area contributed by atoms with Crippen LogP contribution in [0.3, 0.4) is 0 Å². The van der Waals surface area contributed by atoms with Crippen molar-refractivity contribution in [3.05, 3.63) is 83.9 Å². The molecule has 2 heterocycles. The summed E-state index contributed by atoms with van der Waals surface area (Å²) < 4.78 is 34.7. The van der Waals surface area contributed by atoms with Crippen LogP contribution in [0, 0.1) is 5.82 Å². The first-order chi connectivity index (χ1) is 14.8. The third kappa shape index (κ3) is 4.79. The van der Waals surface area contributed by atoms with E-state index in [0.29, 0.717) is 17.7 Å². The molecule has 0 bridgehead atoms. The van der Waals surface area contributed by atoms with E-state index in [4.69, 9.17) is 4.52 Å². The molecule has 0 spiro atoms. The zero-order valence-electron chi connectivity index (χ0n) is 17.6. The minimum absolute atomic E-state index is 0.329. The summed E-state index contributed by atoms with van der Waals surface area (Å²) in [5.41, 5.74) is 3.94. The van der Waals surface area contributed by atoms with Gasteiger partial charge in [-0.05, 0) is 50.6 Å². The molecule has 5 nitrogen and oxygen atoms in total. The minimum atomic E-state index is -1.32. The van der Waals surface area contributed by atoms with E-state index >= 15 is 0 Å². The van der Waals surface area contributed by atoms with Crippen molar-refractivity contribution in [1.29, 1.82) is 0 Å². The summed E-state index contributed by atoms with van der Waals surface area (Å²) in [5.74, 6) is -0.388. The molecule has 1 N–H and O–H groups in total. The number of hydrogen-bond acceptors (Lipinski definition) is 5. The van der Waals surface area contributed by atoms with Gasteiger partial charge in [0.2, 0.25) is 0 Å². The Kier molecular flexibility index (Phi) is 6.09. The van der Waals surface area contributed by atoms with Crippen LogP contribution in [0.1, 0.15) is 38.1 Å². The van der Waals surface area contributed by atoms with Crippen LogP contribution in [0.2, 0.25) is 0 Å². The summed E-state index contributed by atoms with van der Waals surface area (Å²) in [4.78, 5) is 4.21. The highest BCUT2D eigenvalue weighted by molar-refractivity contribution is 7.90. The van der Waals surface area contributed by atoms with Gasteiger partial charge >= 0.3 is 0 Å². The van der Waals surface area contributed by atoms with E-state index in [2.05, 4.69) is 14.9 Å². The highest BCUT2D eigenvalue weighted by Gasteiger charge is 2.31. The molecule has 0 aliphatic carbocycles. The fourth-order valence-electron chi connectivity index (χ4n) is 3.35. The molecule has 0 fully saturated rings. The molecule has 0 saturated carbocycles. The molecule has 1 unspecified atom stereocenters. The highest BCUT2D eigenvalue weighted by Crippen LogP contribution is 2.34. The Labute approximate surface area is 184 Å².